The van der Waals surface area contributed by atoms with E-state index in [2.05, 4.69) is 0 Å². The van der Waals surface area contributed by atoms with Crippen molar-refractivity contribution >= 4 is 11.8 Å². The number of amides is 1. The third-order valence-electron chi connectivity index (χ3n) is 2.53. The fraction of sp³-hybridized carbons (Fsp3) is 0.364. The van der Waals surface area contributed by atoms with Gasteiger partial charge in [-0.15, -0.1) is 0 Å². The maximum atomic E-state index is 11.4. The Morgan fingerprint density at radius 1 is 1.56 bits per heavy atom. The Hall–Kier alpha value is -1.75. The van der Waals surface area contributed by atoms with Crippen molar-refractivity contribution in [2.24, 2.45) is 5.73 Å². The zero-order valence-corrected chi connectivity index (χ0v) is 9.10. The Kier molecular flexibility index (Phi) is 2.96. The van der Waals surface area contributed by atoms with Crippen molar-refractivity contribution in [3.63, 3.8) is 0 Å². The van der Waals surface area contributed by atoms with Crippen LogP contribution in [0.15, 0.2) is 18.2 Å². The molecule has 5 nitrogen and oxygen atoms in total. The first kappa shape index (κ1) is 10.8. The molecule has 1 aliphatic heterocycles. The van der Waals surface area contributed by atoms with Crippen molar-refractivity contribution in [3.05, 3.63) is 23.8 Å². The Balaban J connectivity index is 2.36. The molecule has 1 aliphatic rings. The van der Waals surface area contributed by atoms with Crippen LogP contribution < -0.4 is 15.4 Å². The minimum absolute atomic E-state index is 0.334. The number of benzene rings is 1. The normalized spacial score (nSPS) is 15.1. The Labute approximate surface area is 93.7 Å². The Bertz CT molecular complexity index is 406. The molecule has 1 heterocycles. The zero-order chi connectivity index (χ0) is 11.5. The number of methoxy groups -OCH3 is 1. The van der Waals surface area contributed by atoms with Gasteiger partial charge in [0, 0.05) is 6.54 Å². The lowest BCUT2D eigenvalue weighted by atomic mass is 10.2. The number of cyclic esters (lactones) is 1. The smallest absolute Gasteiger partial charge is 0.414 e. The van der Waals surface area contributed by atoms with Crippen LogP contribution in [0.25, 0.3) is 0 Å². The van der Waals surface area contributed by atoms with E-state index in [0.29, 0.717) is 25.4 Å². The highest BCUT2D eigenvalue weighted by Gasteiger charge is 2.26. The molecule has 0 aromatic heterocycles. The topological polar surface area (TPSA) is 64.8 Å². The second-order valence-corrected chi connectivity index (χ2v) is 3.48. The highest BCUT2D eigenvalue weighted by molar-refractivity contribution is 5.91. The summed E-state index contributed by atoms with van der Waals surface area (Å²) in [6.07, 6.45) is -0.334. The molecule has 0 saturated carbocycles. The third-order valence-corrected chi connectivity index (χ3v) is 2.53. The molecule has 86 valence electrons. The van der Waals surface area contributed by atoms with Gasteiger partial charge < -0.3 is 15.2 Å². The second-order valence-electron chi connectivity index (χ2n) is 3.48. The molecule has 0 radical (unpaired) electrons. The van der Waals surface area contributed by atoms with Crippen LogP contribution in [0.2, 0.25) is 0 Å². The lowest BCUT2D eigenvalue weighted by Crippen LogP contribution is -2.23. The van der Waals surface area contributed by atoms with Crippen LogP contribution in [-0.2, 0) is 11.3 Å². The first-order valence-corrected chi connectivity index (χ1v) is 5.07. The number of carbonyl (C=O) groups is 1. The molecule has 1 aromatic rings. The number of ether oxygens (including phenoxy) is 2. The van der Waals surface area contributed by atoms with Crippen LogP contribution in [0.3, 0.4) is 0 Å². The summed E-state index contributed by atoms with van der Waals surface area (Å²) in [6.45, 7) is 1.42. The van der Waals surface area contributed by atoms with Gasteiger partial charge in [-0.25, -0.2) is 4.79 Å². The predicted octanol–water partition coefficient (Wildman–Crippen LogP) is 1.11. The summed E-state index contributed by atoms with van der Waals surface area (Å²) in [5.74, 6) is 0.641. The monoisotopic (exact) mass is 222 g/mol. The van der Waals surface area contributed by atoms with Crippen LogP contribution in [-0.4, -0.2) is 26.4 Å². The standard InChI is InChI=1S/C11H14N2O3/c1-15-10-6-8(7-12)2-3-9(10)13-4-5-16-11(13)14/h2-3,6H,4-5,7,12H2,1H3. The second kappa shape index (κ2) is 4.40. The number of nitrogens with zero attached hydrogens (tertiary/aromatic N) is 1. The molecule has 1 saturated heterocycles. The molecular weight excluding hydrogens is 208 g/mol. The lowest BCUT2D eigenvalue weighted by Gasteiger charge is -2.17. The maximum absolute atomic E-state index is 11.4. The summed E-state index contributed by atoms with van der Waals surface area (Å²) in [7, 11) is 1.57. The van der Waals surface area contributed by atoms with Crippen molar-refractivity contribution < 1.29 is 14.3 Å². The van der Waals surface area contributed by atoms with Gasteiger partial charge in [0.1, 0.15) is 12.4 Å². The van der Waals surface area contributed by atoms with Gasteiger partial charge in [0.2, 0.25) is 0 Å². The van der Waals surface area contributed by atoms with Gasteiger partial charge in [0.15, 0.2) is 0 Å². The van der Waals surface area contributed by atoms with Gasteiger partial charge in [-0.05, 0) is 17.7 Å². The molecule has 0 spiro atoms. The molecule has 16 heavy (non-hydrogen) atoms. The average Bonchev–Trinajstić information content (AvgIpc) is 2.74. The first-order chi connectivity index (χ1) is 7.76. The fourth-order valence-electron chi connectivity index (χ4n) is 1.68. The van der Waals surface area contributed by atoms with Crippen LogP contribution in [0.1, 0.15) is 5.56 Å². The summed E-state index contributed by atoms with van der Waals surface area (Å²) in [5, 5.41) is 0. The van der Waals surface area contributed by atoms with Gasteiger partial charge in [-0.3, -0.25) is 4.90 Å². The molecule has 0 bridgehead atoms. The summed E-state index contributed by atoms with van der Waals surface area (Å²) in [5.41, 5.74) is 7.23. The van der Waals surface area contributed by atoms with Crippen LogP contribution >= 0.6 is 0 Å². The highest BCUT2D eigenvalue weighted by Crippen LogP contribution is 2.31. The number of rotatable bonds is 3. The van der Waals surface area contributed by atoms with Gasteiger partial charge in [0.25, 0.3) is 0 Å². The number of hydrogen-bond acceptors (Lipinski definition) is 4. The van der Waals surface area contributed by atoms with E-state index in [1.807, 2.05) is 18.2 Å². The van der Waals surface area contributed by atoms with Gasteiger partial charge in [-0.2, -0.15) is 0 Å². The molecule has 1 fully saturated rings. The molecule has 0 aliphatic carbocycles. The predicted molar refractivity (Wildman–Crippen MR) is 59.6 cm³/mol. The number of hydrogen-bond donors (Lipinski definition) is 1. The molecule has 1 amide bonds. The van der Waals surface area contributed by atoms with Crippen LogP contribution in [0, 0.1) is 0 Å². The van der Waals surface area contributed by atoms with E-state index in [-0.39, 0.29) is 6.09 Å². The quantitative estimate of drug-likeness (QED) is 0.832. The largest absolute Gasteiger partial charge is 0.495 e. The van der Waals surface area contributed by atoms with Crippen LogP contribution in [0.5, 0.6) is 5.75 Å². The van der Waals surface area contributed by atoms with Crippen molar-refractivity contribution in [1.29, 1.82) is 0 Å². The summed E-state index contributed by atoms with van der Waals surface area (Å²) in [6, 6.07) is 5.54. The van der Waals surface area contributed by atoms with Crippen molar-refractivity contribution in [2.75, 3.05) is 25.2 Å². The van der Waals surface area contributed by atoms with E-state index in [1.54, 1.807) is 12.0 Å². The molecular formula is C11H14N2O3. The van der Waals surface area contributed by atoms with E-state index in [1.165, 1.54) is 0 Å². The maximum Gasteiger partial charge on any atom is 0.414 e. The summed E-state index contributed by atoms with van der Waals surface area (Å²) >= 11 is 0. The fourth-order valence-corrected chi connectivity index (χ4v) is 1.68. The zero-order valence-electron chi connectivity index (χ0n) is 9.10. The van der Waals surface area contributed by atoms with Crippen LogP contribution in [0.4, 0.5) is 10.5 Å². The van der Waals surface area contributed by atoms with E-state index < -0.39 is 0 Å². The number of anilines is 1. The van der Waals surface area contributed by atoms with Gasteiger partial charge >= 0.3 is 6.09 Å². The Morgan fingerprint density at radius 3 is 2.94 bits per heavy atom. The SMILES string of the molecule is COc1cc(CN)ccc1N1CCOC1=O. The van der Waals surface area contributed by atoms with Crippen molar-refractivity contribution in [1.82, 2.24) is 0 Å². The number of carbonyl (C=O) groups excluding carboxylic acids is 1. The summed E-state index contributed by atoms with van der Waals surface area (Å²) in [4.78, 5) is 13.0. The summed E-state index contributed by atoms with van der Waals surface area (Å²) < 4.78 is 10.1. The lowest BCUT2D eigenvalue weighted by molar-refractivity contribution is 0.181. The molecule has 2 N–H and O–H groups in total. The minimum atomic E-state index is -0.334. The van der Waals surface area contributed by atoms with Gasteiger partial charge in [0.05, 0.1) is 19.3 Å². The van der Waals surface area contributed by atoms with Crippen molar-refractivity contribution in [3.8, 4) is 5.75 Å². The molecule has 5 heteroatoms. The minimum Gasteiger partial charge on any atom is -0.495 e. The molecule has 0 atom stereocenters. The van der Waals surface area contributed by atoms with E-state index in [0.717, 1.165) is 11.3 Å². The highest BCUT2D eigenvalue weighted by atomic mass is 16.6. The molecule has 1 aromatic carbocycles. The number of nitrogens with two attached hydrogens (primary N) is 1. The molecule has 2 rings (SSSR count). The van der Waals surface area contributed by atoms with E-state index in [4.69, 9.17) is 15.2 Å². The van der Waals surface area contributed by atoms with E-state index >= 15 is 0 Å². The molecule has 0 unspecified atom stereocenters. The van der Waals surface area contributed by atoms with E-state index in [9.17, 15) is 4.79 Å². The van der Waals surface area contributed by atoms with Gasteiger partial charge in [-0.1, -0.05) is 6.07 Å². The first-order valence-electron chi connectivity index (χ1n) is 5.07. The van der Waals surface area contributed by atoms with Crippen molar-refractivity contribution in [2.45, 2.75) is 6.54 Å². The third kappa shape index (κ3) is 1.81. The Morgan fingerprint density at radius 2 is 2.38 bits per heavy atom. The average molecular weight is 222 g/mol.